The first-order chi connectivity index (χ1) is 22.2. The smallest absolute Gasteiger partial charge is 0.300 e. The number of rotatable bonds is 4. The van der Waals surface area contributed by atoms with E-state index in [1.54, 1.807) is 0 Å². The fourth-order valence-corrected chi connectivity index (χ4v) is 7.07. The van der Waals surface area contributed by atoms with E-state index in [0.717, 1.165) is 5.69 Å². The summed E-state index contributed by atoms with van der Waals surface area (Å²) < 4.78 is 6.82. The van der Waals surface area contributed by atoms with Gasteiger partial charge in [0, 0.05) is 27.4 Å². The maximum atomic E-state index is 4.37. The highest BCUT2D eigenvalue weighted by molar-refractivity contribution is 6.21. The highest BCUT2D eigenvalue weighted by atomic mass is 15.0. The van der Waals surface area contributed by atoms with Crippen LogP contribution in [0.25, 0.3) is 76.9 Å². The number of fused-ring (bicyclic) bond motifs is 6. The molecule has 7 aromatic carbocycles. The van der Waals surface area contributed by atoms with Gasteiger partial charge in [0.1, 0.15) is 0 Å². The molecule has 8 aromatic rings. The minimum Gasteiger partial charge on any atom is -0.309 e. The number of aromatic nitrogens is 1. The largest absolute Gasteiger partial charge is 0.309 e. The van der Waals surface area contributed by atoms with Gasteiger partial charge >= 0.3 is 6.21 Å². The summed E-state index contributed by atoms with van der Waals surface area (Å²) in [7, 11) is 0. The van der Waals surface area contributed by atoms with E-state index in [4.69, 9.17) is 0 Å². The zero-order chi connectivity index (χ0) is 29.9. The van der Waals surface area contributed by atoms with Gasteiger partial charge in [-0.2, -0.15) is 0 Å². The molecule has 0 atom stereocenters. The van der Waals surface area contributed by atoms with Crippen molar-refractivity contribution in [2.75, 3.05) is 0 Å². The molecule has 1 aliphatic heterocycles. The van der Waals surface area contributed by atoms with Crippen LogP contribution in [0.4, 0.5) is 0 Å². The number of benzene rings is 7. The van der Waals surface area contributed by atoms with Gasteiger partial charge in [0.25, 0.3) is 6.21 Å². The summed E-state index contributed by atoms with van der Waals surface area (Å²) in [6.07, 6.45) is 3.89. The van der Waals surface area contributed by atoms with Crippen molar-refractivity contribution in [3.8, 4) is 27.9 Å². The van der Waals surface area contributed by atoms with Crippen LogP contribution in [0.3, 0.4) is 0 Å². The van der Waals surface area contributed by atoms with E-state index in [0.29, 0.717) is 0 Å². The molecule has 0 aliphatic carbocycles. The van der Waals surface area contributed by atoms with Crippen molar-refractivity contribution in [1.29, 1.82) is 0 Å². The number of nitrogens with zero attached hydrogens (tertiary/aromatic N) is 2. The molecule has 9 rings (SSSR count). The third-order valence-electron chi connectivity index (χ3n) is 9.26. The molecule has 1 aliphatic rings. The van der Waals surface area contributed by atoms with Gasteiger partial charge < -0.3 is 4.57 Å². The Labute approximate surface area is 261 Å². The average molecular weight is 574 g/mol. The Kier molecular flexibility index (Phi) is 5.71. The van der Waals surface area contributed by atoms with Crippen molar-refractivity contribution in [3.05, 3.63) is 157 Å². The van der Waals surface area contributed by atoms with E-state index < -0.39 is 0 Å². The van der Waals surface area contributed by atoms with E-state index in [2.05, 4.69) is 162 Å². The zero-order valence-corrected chi connectivity index (χ0v) is 24.9. The van der Waals surface area contributed by atoms with Crippen LogP contribution in [0, 0.1) is 0 Å². The van der Waals surface area contributed by atoms with Crippen LogP contribution in [-0.4, -0.2) is 17.0 Å². The monoisotopic (exact) mass is 573 g/mol. The molecule has 0 spiro atoms. The lowest BCUT2D eigenvalue weighted by Crippen LogP contribution is -1.94. The highest BCUT2D eigenvalue weighted by Crippen LogP contribution is 2.40. The van der Waals surface area contributed by atoms with E-state index in [1.807, 2.05) is 12.4 Å². The molecule has 1 aromatic heterocycles. The molecule has 0 amide bonds. The van der Waals surface area contributed by atoms with Gasteiger partial charge in [-0.3, -0.25) is 0 Å². The Morgan fingerprint density at radius 1 is 0.467 bits per heavy atom. The molecular formula is C43H29N2+. The van der Waals surface area contributed by atoms with E-state index in [-0.39, 0.29) is 0 Å². The van der Waals surface area contributed by atoms with E-state index >= 15 is 0 Å². The first-order valence-electron chi connectivity index (χ1n) is 15.5. The summed E-state index contributed by atoms with van der Waals surface area (Å²) in [5.41, 5.74) is 12.1. The summed E-state index contributed by atoms with van der Waals surface area (Å²) in [4.78, 5) is 0. The Balaban J connectivity index is 1.28. The van der Waals surface area contributed by atoms with Crippen LogP contribution in [-0.2, 0) is 0 Å². The van der Waals surface area contributed by atoms with Gasteiger partial charge in [-0.1, -0.05) is 120 Å². The Morgan fingerprint density at radius 2 is 1.20 bits per heavy atom. The molecule has 0 unspecified atom stereocenters. The van der Waals surface area contributed by atoms with Crippen molar-refractivity contribution in [2.45, 2.75) is 6.92 Å². The van der Waals surface area contributed by atoms with Crippen LogP contribution >= 0.6 is 0 Å². The van der Waals surface area contributed by atoms with Crippen molar-refractivity contribution >= 4 is 61.4 Å². The van der Waals surface area contributed by atoms with Gasteiger partial charge in [-0.15, -0.1) is 0 Å². The van der Waals surface area contributed by atoms with Gasteiger partial charge in [-0.05, 0) is 81.2 Å². The molecule has 0 fully saturated rings. The molecule has 0 bridgehead atoms. The third-order valence-corrected chi connectivity index (χ3v) is 9.26. The molecule has 0 N–H and O–H groups in total. The molecule has 45 heavy (non-hydrogen) atoms. The normalized spacial score (nSPS) is 12.8. The van der Waals surface area contributed by atoms with E-state index in [9.17, 15) is 0 Å². The molecule has 0 saturated carbocycles. The van der Waals surface area contributed by atoms with Crippen molar-refractivity contribution in [2.24, 2.45) is 0 Å². The highest BCUT2D eigenvalue weighted by Gasteiger charge is 2.18. The Morgan fingerprint density at radius 3 is 2.09 bits per heavy atom. The molecule has 2 heteroatoms. The van der Waals surface area contributed by atoms with Crippen LogP contribution < -0.4 is 4.67 Å². The summed E-state index contributed by atoms with van der Waals surface area (Å²) in [6, 6.07) is 53.2. The van der Waals surface area contributed by atoms with Crippen LogP contribution in [0.1, 0.15) is 12.5 Å². The Bertz CT molecular complexity index is 2570. The quantitative estimate of drug-likeness (QED) is 0.187. The lowest BCUT2D eigenvalue weighted by Gasteiger charge is -2.12. The lowest BCUT2D eigenvalue weighted by atomic mass is 9.95. The van der Waals surface area contributed by atoms with Crippen LogP contribution in [0.2, 0.25) is 0 Å². The van der Waals surface area contributed by atoms with Gasteiger partial charge in [0.2, 0.25) is 0 Å². The molecule has 0 radical (unpaired) electrons. The second-order valence-electron chi connectivity index (χ2n) is 11.9. The number of para-hydroxylation sites is 1. The average Bonchev–Trinajstić information content (AvgIpc) is 3.69. The summed E-state index contributed by atoms with van der Waals surface area (Å²) in [6.45, 7) is 2.12. The lowest BCUT2D eigenvalue weighted by molar-refractivity contribution is 1.19. The third kappa shape index (κ3) is 4.08. The fraction of sp³-hybridized carbons (Fsp3) is 0.0233. The minimum atomic E-state index is 1.16. The Hall–Kier alpha value is -5.95. The molecule has 2 heterocycles. The maximum Gasteiger partial charge on any atom is 0.300 e. The van der Waals surface area contributed by atoms with Crippen molar-refractivity contribution in [3.63, 3.8) is 0 Å². The second-order valence-corrected chi connectivity index (χ2v) is 11.9. The SMILES string of the molecule is CC1=C(c2cccc(-c3ccc4c5ccc6cc(-c7cccc8ccccc78)ccc6c5n(-c5ccccc5)c4c3)c2)C=[N+]=C1. The van der Waals surface area contributed by atoms with Gasteiger partial charge in [0.15, 0.2) is 0 Å². The summed E-state index contributed by atoms with van der Waals surface area (Å²) in [5.74, 6) is 0. The number of allylic oxidation sites excluding steroid dienone is 2. The fourth-order valence-electron chi connectivity index (χ4n) is 7.07. The molecular weight excluding hydrogens is 544 g/mol. The molecule has 0 saturated heterocycles. The van der Waals surface area contributed by atoms with Crippen molar-refractivity contribution in [1.82, 2.24) is 9.24 Å². The second kappa shape index (κ2) is 10.1. The predicted molar refractivity (Wildman–Crippen MR) is 194 cm³/mol. The van der Waals surface area contributed by atoms with Crippen molar-refractivity contribution < 1.29 is 0 Å². The predicted octanol–water partition coefficient (Wildman–Crippen LogP) is 10.4. The topological polar surface area (TPSA) is 19.0 Å². The first kappa shape index (κ1) is 25.5. The summed E-state index contributed by atoms with van der Waals surface area (Å²) >= 11 is 0. The standard InChI is InChI=1S/C43H29N2/c1-28-26-44-27-41(28)32-12-7-11-30(23-32)31-17-21-39-40-22-19-34-24-33(37-16-8-10-29-9-5-6-15-36(29)37)18-20-38(34)43(40)45(42(39)25-31)35-13-3-2-4-14-35/h2-27H,1H3/q+1. The summed E-state index contributed by atoms with van der Waals surface area (Å²) in [5, 5.41) is 7.54. The molecule has 210 valence electrons. The maximum absolute atomic E-state index is 4.37. The van der Waals surface area contributed by atoms with Gasteiger partial charge in [-0.25, -0.2) is 0 Å². The van der Waals surface area contributed by atoms with E-state index in [1.165, 1.54) is 82.3 Å². The minimum absolute atomic E-state index is 1.16. The van der Waals surface area contributed by atoms with Crippen LogP contribution in [0.15, 0.2) is 151 Å². The molecule has 2 nitrogen and oxygen atoms in total. The van der Waals surface area contributed by atoms with Crippen LogP contribution in [0.5, 0.6) is 0 Å². The van der Waals surface area contributed by atoms with Gasteiger partial charge in [0.05, 0.1) is 16.6 Å². The number of hydrogen-bond acceptors (Lipinski definition) is 0. The first-order valence-corrected chi connectivity index (χ1v) is 15.5. The zero-order valence-electron chi connectivity index (χ0n) is 24.9. The number of hydrogen-bond donors (Lipinski definition) is 0.